The molecule has 0 radical (unpaired) electrons. The predicted octanol–water partition coefficient (Wildman–Crippen LogP) is 2.95. The number of nitrogens with zero attached hydrogens (tertiary/aromatic N) is 1. The van der Waals surface area contributed by atoms with Crippen LogP contribution >= 0.6 is 0 Å². The number of hydrogen-bond acceptors (Lipinski definition) is 1. The summed E-state index contributed by atoms with van der Waals surface area (Å²) < 4.78 is 0. The van der Waals surface area contributed by atoms with Crippen LogP contribution in [0.5, 0.6) is 0 Å². The SMILES string of the molecule is C=C(C)/N=C(/C)C=C(C)C. The van der Waals surface area contributed by atoms with Crippen molar-refractivity contribution in [1.29, 1.82) is 0 Å². The zero-order valence-electron chi connectivity index (χ0n) is 7.23. The molecule has 1 heteroatoms. The minimum absolute atomic E-state index is 0.856. The standard InChI is InChI=1S/C9H15N/c1-7(2)6-9(5)10-8(3)4/h6H,3H2,1-2,4-5H3/b10-9-. The first-order valence-electron chi connectivity index (χ1n) is 3.38. The van der Waals surface area contributed by atoms with Gasteiger partial charge in [0.1, 0.15) is 0 Å². The predicted molar refractivity (Wildman–Crippen MR) is 47.4 cm³/mol. The van der Waals surface area contributed by atoms with Crippen LogP contribution in [0, 0.1) is 0 Å². The van der Waals surface area contributed by atoms with Crippen molar-refractivity contribution in [2.75, 3.05) is 0 Å². The van der Waals surface area contributed by atoms with E-state index in [1.54, 1.807) is 0 Å². The maximum Gasteiger partial charge on any atom is 0.0374 e. The van der Waals surface area contributed by atoms with E-state index >= 15 is 0 Å². The Labute approximate surface area is 63.2 Å². The summed E-state index contributed by atoms with van der Waals surface area (Å²) >= 11 is 0. The molecular weight excluding hydrogens is 122 g/mol. The highest BCUT2D eigenvalue weighted by Gasteiger charge is 1.83. The van der Waals surface area contributed by atoms with Crippen LogP contribution in [0.3, 0.4) is 0 Å². The Bertz CT molecular complexity index is 181. The molecule has 0 fully saturated rings. The van der Waals surface area contributed by atoms with Gasteiger partial charge in [-0.3, -0.25) is 4.99 Å². The fourth-order valence-corrected chi connectivity index (χ4v) is 0.751. The Kier molecular flexibility index (Phi) is 3.70. The Morgan fingerprint density at radius 3 is 2.00 bits per heavy atom. The lowest BCUT2D eigenvalue weighted by atomic mass is 10.2. The van der Waals surface area contributed by atoms with E-state index in [9.17, 15) is 0 Å². The Morgan fingerprint density at radius 1 is 1.20 bits per heavy atom. The molecule has 1 nitrogen and oxygen atoms in total. The van der Waals surface area contributed by atoms with Gasteiger partial charge in [0.05, 0.1) is 0 Å². The third kappa shape index (κ3) is 5.29. The smallest absolute Gasteiger partial charge is 0.0374 e. The first-order chi connectivity index (χ1) is 4.52. The van der Waals surface area contributed by atoms with Gasteiger partial charge in [0.2, 0.25) is 0 Å². The van der Waals surface area contributed by atoms with Crippen molar-refractivity contribution in [3.05, 3.63) is 23.9 Å². The molecule has 0 rings (SSSR count). The minimum atomic E-state index is 0.856. The summed E-state index contributed by atoms with van der Waals surface area (Å²) in [6.45, 7) is 11.7. The quantitative estimate of drug-likeness (QED) is 0.519. The molecular formula is C9H15N. The Balaban J connectivity index is 4.22. The van der Waals surface area contributed by atoms with Gasteiger partial charge in [-0.2, -0.15) is 0 Å². The fourth-order valence-electron chi connectivity index (χ4n) is 0.751. The molecule has 0 N–H and O–H groups in total. The van der Waals surface area contributed by atoms with Gasteiger partial charge >= 0.3 is 0 Å². The summed E-state index contributed by atoms with van der Waals surface area (Å²) in [7, 11) is 0. The normalized spacial score (nSPS) is 11.0. The van der Waals surface area contributed by atoms with Crippen molar-refractivity contribution >= 4 is 5.71 Å². The van der Waals surface area contributed by atoms with Gasteiger partial charge in [-0.1, -0.05) is 12.2 Å². The fraction of sp³-hybridized carbons (Fsp3) is 0.444. The molecule has 0 saturated carbocycles. The van der Waals surface area contributed by atoms with E-state index in [0.29, 0.717) is 0 Å². The van der Waals surface area contributed by atoms with Gasteiger partial charge < -0.3 is 0 Å². The van der Waals surface area contributed by atoms with Crippen molar-refractivity contribution in [3.8, 4) is 0 Å². The zero-order chi connectivity index (χ0) is 8.15. The molecule has 10 heavy (non-hydrogen) atoms. The summed E-state index contributed by atoms with van der Waals surface area (Å²) in [5, 5.41) is 0. The summed E-state index contributed by atoms with van der Waals surface area (Å²) in [5.74, 6) is 0. The van der Waals surface area contributed by atoms with Crippen LogP contribution in [-0.2, 0) is 0 Å². The summed E-state index contributed by atoms with van der Waals surface area (Å²) in [4.78, 5) is 4.16. The molecule has 56 valence electrons. The van der Waals surface area contributed by atoms with Gasteiger partial charge in [0.15, 0.2) is 0 Å². The lowest BCUT2D eigenvalue weighted by Gasteiger charge is -1.92. The molecule has 0 aromatic rings. The second-order valence-corrected chi connectivity index (χ2v) is 2.71. The third-order valence-corrected chi connectivity index (χ3v) is 0.865. The molecule has 0 aromatic carbocycles. The second-order valence-electron chi connectivity index (χ2n) is 2.71. The molecule has 0 unspecified atom stereocenters. The van der Waals surface area contributed by atoms with E-state index in [4.69, 9.17) is 0 Å². The van der Waals surface area contributed by atoms with Gasteiger partial charge in [-0.05, 0) is 33.8 Å². The van der Waals surface area contributed by atoms with Gasteiger partial charge in [0.25, 0.3) is 0 Å². The molecule has 0 aliphatic carbocycles. The molecule has 0 aromatic heterocycles. The second kappa shape index (κ2) is 4.04. The van der Waals surface area contributed by atoms with Gasteiger partial charge in [-0.25, -0.2) is 0 Å². The van der Waals surface area contributed by atoms with E-state index in [1.807, 2.05) is 19.9 Å². The van der Waals surface area contributed by atoms with Crippen molar-refractivity contribution in [2.45, 2.75) is 27.7 Å². The largest absolute Gasteiger partial charge is 0.259 e. The highest BCUT2D eigenvalue weighted by atomic mass is 14.7. The molecule has 0 saturated heterocycles. The molecule has 0 amide bonds. The highest BCUT2D eigenvalue weighted by Crippen LogP contribution is 1.95. The van der Waals surface area contributed by atoms with Crippen LogP contribution in [0.1, 0.15) is 27.7 Å². The van der Waals surface area contributed by atoms with Crippen molar-refractivity contribution < 1.29 is 0 Å². The summed E-state index contributed by atoms with van der Waals surface area (Å²) in [6.07, 6.45) is 2.04. The first-order valence-corrected chi connectivity index (χ1v) is 3.38. The maximum atomic E-state index is 4.16. The molecule has 0 atom stereocenters. The van der Waals surface area contributed by atoms with Crippen LogP contribution in [0.2, 0.25) is 0 Å². The van der Waals surface area contributed by atoms with E-state index in [2.05, 4.69) is 25.4 Å². The molecule has 0 aliphatic heterocycles. The van der Waals surface area contributed by atoms with Crippen molar-refractivity contribution in [1.82, 2.24) is 0 Å². The first kappa shape index (κ1) is 9.15. The van der Waals surface area contributed by atoms with Crippen LogP contribution in [0.25, 0.3) is 0 Å². The minimum Gasteiger partial charge on any atom is -0.259 e. The summed E-state index contributed by atoms with van der Waals surface area (Å²) in [6, 6.07) is 0. The average Bonchev–Trinajstić information content (AvgIpc) is 1.58. The lowest BCUT2D eigenvalue weighted by molar-refractivity contribution is 1.31. The summed E-state index contributed by atoms with van der Waals surface area (Å²) in [5.41, 5.74) is 3.14. The molecule has 0 aliphatic rings. The monoisotopic (exact) mass is 137 g/mol. The van der Waals surface area contributed by atoms with Crippen molar-refractivity contribution in [3.63, 3.8) is 0 Å². The molecule has 0 heterocycles. The van der Waals surface area contributed by atoms with Crippen LogP contribution < -0.4 is 0 Å². The van der Waals surface area contributed by atoms with Crippen LogP contribution in [-0.4, -0.2) is 5.71 Å². The van der Waals surface area contributed by atoms with Gasteiger partial charge in [0, 0.05) is 11.4 Å². The van der Waals surface area contributed by atoms with E-state index in [0.717, 1.165) is 11.4 Å². The van der Waals surface area contributed by atoms with E-state index in [1.165, 1.54) is 5.57 Å². The zero-order valence-corrected chi connectivity index (χ0v) is 7.23. The number of aliphatic imine (C=N–C) groups is 1. The number of rotatable bonds is 2. The Morgan fingerprint density at radius 2 is 1.70 bits per heavy atom. The van der Waals surface area contributed by atoms with E-state index < -0.39 is 0 Å². The highest BCUT2D eigenvalue weighted by molar-refractivity contribution is 5.93. The lowest BCUT2D eigenvalue weighted by Crippen LogP contribution is -1.85. The Hall–Kier alpha value is -0.850. The maximum absolute atomic E-state index is 4.16. The average molecular weight is 137 g/mol. The van der Waals surface area contributed by atoms with E-state index in [-0.39, 0.29) is 0 Å². The number of hydrogen-bond donors (Lipinski definition) is 0. The van der Waals surface area contributed by atoms with Crippen molar-refractivity contribution in [2.24, 2.45) is 4.99 Å². The van der Waals surface area contributed by atoms with Crippen LogP contribution in [0.4, 0.5) is 0 Å². The van der Waals surface area contributed by atoms with Gasteiger partial charge in [-0.15, -0.1) is 0 Å². The number of allylic oxidation sites excluding steroid dienone is 3. The third-order valence-electron chi connectivity index (χ3n) is 0.865. The molecule has 0 bridgehead atoms. The molecule has 0 spiro atoms. The topological polar surface area (TPSA) is 12.4 Å². The van der Waals surface area contributed by atoms with Crippen LogP contribution in [0.15, 0.2) is 28.9 Å².